The second kappa shape index (κ2) is 5.50. The van der Waals surface area contributed by atoms with Gasteiger partial charge in [-0.15, -0.1) is 0 Å². The van der Waals surface area contributed by atoms with E-state index >= 15 is 0 Å². The highest BCUT2D eigenvalue weighted by molar-refractivity contribution is 9.10. The Hall–Kier alpha value is -0.390. The van der Waals surface area contributed by atoms with Crippen molar-refractivity contribution in [3.8, 4) is 0 Å². The standard InChI is InChI=1S/C12H16BrNO2S/c13-11-7-3-4-8-12(11)17(15,16)14-9-5-1-2-6-10-14/h3-4,7-8H,1-2,5-6,9-10H2. The van der Waals surface area contributed by atoms with E-state index in [1.54, 1.807) is 22.5 Å². The molecule has 1 aromatic carbocycles. The zero-order valence-electron chi connectivity index (χ0n) is 9.60. The third-order valence-corrected chi connectivity index (χ3v) is 5.93. The summed E-state index contributed by atoms with van der Waals surface area (Å²) in [6, 6.07) is 7.01. The summed E-state index contributed by atoms with van der Waals surface area (Å²) >= 11 is 3.31. The molecule has 1 aliphatic rings. The van der Waals surface area contributed by atoms with Crippen molar-refractivity contribution in [1.29, 1.82) is 0 Å². The molecule has 0 N–H and O–H groups in total. The van der Waals surface area contributed by atoms with Crippen LogP contribution >= 0.6 is 15.9 Å². The highest BCUT2D eigenvalue weighted by atomic mass is 79.9. The highest BCUT2D eigenvalue weighted by Crippen LogP contribution is 2.26. The lowest BCUT2D eigenvalue weighted by Gasteiger charge is -2.20. The van der Waals surface area contributed by atoms with Crippen molar-refractivity contribution in [2.45, 2.75) is 30.6 Å². The average molecular weight is 318 g/mol. The van der Waals surface area contributed by atoms with Crippen LogP contribution in [0.3, 0.4) is 0 Å². The molecule has 1 heterocycles. The zero-order valence-corrected chi connectivity index (χ0v) is 12.0. The number of sulfonamides is 1. The average Bonchev–Trinajstić information content (AvgIpc) is 2.58. The van der Waals surface area contributed by atoms with Gasteiger partial charge in [0.15, 0.2) is 0 Å². The first-order chi connectivity index (χ1) is 8.12. The first-order valence-corrected chi connectivity index (χ1v) is 8.10. The minimum Gasteiger partial charge on any atom is -0.207 e. The predicted octanol–water partition coefficient (Wildman–Crippen LogP) is 3.01. The van der Waals surface area contributed by atoms with Gasteiger partial charge in [0.1, 0.15) is 0 Å². The maximum Gasteiger partial charge on any atom is 0.244 e. The molecule has 0 unspecified atom stereocenters. The molecule has 1 fully saturated rings. The lowest BCUT2D eigenvalue weighted by Crippen LogP contribution is -2.32. The van der Waals surface area contributed by atoms with Crippen molar-refractivity contribution in [3.63, 3.8) is 0 Å². The Bertz CT molecular complexity index is 479. The summed E-state index contributed by atoms with van der Waals surface area (Å²) in [4.78, 5) is 0.377. The topological polar surface area (TPSA) is 37.4 Å². The Morgan fingerprint density at radius 1 is 1.00 bits per heavy atom. The van der Waals surface area contributed by atoms with Gasteiger partial charge < -0.3 is 0 Å². The van der Waals surface area contributed by atoms with Crippen molar-refractivity contribution in [2.24, 2.45) is 0 Å². The molecule has 3 nitrogen and oxygen atoms in total. The van der Waals surface area contributed by atoms with E-state index in [1.807, 2.05) is 6.07 Å². The summed E-state index contributed by atoms with van der Waals surface area (Å²) < 4.78 is 27.2. The summed E-state index contributed by atoms with van der Waals surface area (Å²) in [5.74, 6) is 0. The van der Waals surface area contributed by atoms with E-state index in [2.05, 4.69) is 15.9 Å². The van der Waals surface area contributed by atoms with Crippen molar-refractivity contribution < 1.29 is 8.42 Å². The Kier molecular flexibility index (Phi) is 4.22. The minimum absolute atomic E-state index is 0.377. The number of benzene rings is 1. The van der Waals surface area contributed by atoms with Crippen molar-refractivity contribution in [1.82, 2.24) is 4.31 Å². The van der Waals surface area contributed by atoms with Crippen LogP contribution in [-0.2, 0) is 10.0 Å². The van der Waals surface area contributed by atoms with Gasteiger partial charge in [-0.2, -0.15) is 4.31 Å². The lowest BCUT2D eigenvalue weighted by molar-refractivity contribution is 0.423. The molecule has 17 heavy (non-hydrogen) atoms. The zero-order chi connectivity index (χ0) is 12.3. The second-order valence-electron chi connectivity index (χ2n) is 4.25. The number of rotatable bonds is 2. The molecule has 0 aromatic heterocycles. The van der Waals surface area contributed by atoms with Gasteiger partial charge in [0.05, 0.1) is 4.90 Å². The van der Waals surface area contributed by atoms with E-state index in [0.717, 1.165) is 25.7 Å². The summed E-state index contributed by atoms with van der Waals surface area (Å²) in [5, 5.41) is 0. The van der Waals surface area contributed by atoms with Crippen LogP contribution in [0.15, 0.2) is 33.6 Å². The van der Waals surface area contributed by atoms with E-state index in [1.165, 1.54) is 0 Å². The Balaban J connectivity index is 2.32. The molecule has 0 saturated carbocycles. The fourth-order valence-electron chi connectivity index (χ4n) is 2.08. The van der Waals surface area contributed by atoms with Gasteiger partial charge >= 0.3 is 0 Å². The van der Waals surface area contributed by atoms with Crippen molar-refractivity contribution in [2.75, 3.05) is 13.1 Å². The first-order valence-electron chi connectivity index (χ1n) is 5.87. The number of halogens is 1. The minimum atomic E-state index is -3.33. The summed E-state index contributed by atoms with van der Waals surface area (Å²) in [7, 11) is -3.33. The molecule has 0 bridgehead atoms. The van der Waals surface area contributed by atoms with Crippen LogP contribution in [-0.4, -0.2) is 25.8 Å². The Labute approximate surface area is 111 Å². The number of hydrogen-bond donors (Lipinski definition) is 0. The van der Waals surface area contributed by atoms with Gasteiger partial charge in [-0.1, -0.05) is 25.0 Å². The third-order valence-electron chi connectivity index (χ3n) is 3.02. The van der Waals surface area contributed by atoms with Crippen LogP contribution in [0.2, 0.25) is 0 Å². The SMILES string of the molecule is O=S(=O)(c1ccccc1Br)N1CCCCCC1. The van der Waals surface area contributed by atoms with Crippen LogP contribution in [0.4, 0.5) is 0 Å². The van der Waals surface area contributed by atoms with Gasteiger partial charge in [-0.05, 0) is 40.9 Å². The van der Waals surface area contributed by atoms with Crippen molar-refractivity contribution in [3.05, 3.63) is 28.7 Å². The molecular weight excluding hydrogens is 302 g/mol. The van der Waals surface area contributed by atoms with Crippen LogP contribution < -0.4 is 0 Å². The van der Waals surface area contributed by atoms with E-state index in [9.17, 15) is 8.42 Å². The molecule has 0 amide bonds. The molecule has 2 rings (SSSR count). The van der Waals surface area contributed by atoms with Crippen LogP contribution in [0.5, 0.6) is 0 Å². The van der Waals surface area contributed by atoms with E-state index < -0.39 is 10.0 Å². The second-order valence-corrected chi connectivity index (χ2v) is 7.01. The Morgan fingerprint density at radius 3 is 2.18 bits per heavy atom. The van der Waals surface area contributed by atoms with Crippen LogP contribution in [0.1, 0.15) is 25.7 Å². The monoisotopic (exact) mass is 317 g/mol. The summed E-state index contributed by atoms with van der Waals surface area (Å²) in [6.45, 7) is 1.29. The van der Waals surface area contributed by atoms with Gasteiger partial charge in [-0.25, -0.2) is 8.42 Å². The Morgan fingerprint density at radius 2 is 1.59 bits per heavy atom. The maximum absolute atomic E-state index is 12.5. The molecule has 0 atom stereocenters. The quantitative estimate of drug-likeness (QED) is 0.840. The molecule has 0 aliphatic carbocycles. The van der Waals surface area contributed by atoms with Gasteiger partial charge in [0.25, 0.3) is 0 Å². The van der Waals surface area contributed by atoms with E-state index in [4.69, 9.17) is 0 Å². The fourth-order valence-corrected chi connectivity index (χ4v) is 4.56. The van der Waals surface area contributed by atoms with Gasteiger partial charge in [-0.3, -0.25) is 0 Å². The summed E-state index contributed by atoms with van der Waals surface area (Å²) in [6.07, 6.45) is 4.18. The normalized spacial score (nSPS) is 18.9. The van der Waals surface area contributed by atoms with Crippen molar-refractivity contribution >= 4 is 26.0 Å². The third kappa shape index (κ3) is 2.89. The molecular formula is C12H16BrNO2S. The van der Waals surface area contributed by atoms with Crippen LogP contribution in [0, 0.1) is 0 Å². The maximum atomic E-state index is 12.5. The molecule has 0 spiro atoms. The molecule has 5 heteroatoms. The molecule has 1 saturated heterocycles. The van der Waals surface area contributed by atoms with Gasteiger partial charge in [0.2, 0.25) is 10.0 Å². The van der Waals surface area contributed by atoms with Crippen LogP contribution in [0.25, 0.3) is 0 Å². The lowest BCUT2D eigenvalue weighted by atomic mass is 10.2. The highest BCUT2D eigenvalue weighted by Gasteiger charge is 2.26. The molecule has 1 aromatic rings. The predicted molar refractivity (Wildman–Crippen MR) is 71.4 cm³/mol. The van der Waals surface area contributed by atoms with E-state index in [0.29, 0.717) is 22.5 Å². The van der Waals surface area contributed by atoms with Gasteiger partial charge in [0, 0.05) is 17.6 Å². The van der Waals surface area contributed by atoms with E-state index in [-0.39, 0.29) is 0 Å². The smallest absolute Gasteiger partial charge is 0.207 e. The fraction of sp³-hybridized carbons (Fsp3) is 0.500. The molecule has 94 valence electrons. The number of nitrogens with zero attached hydrogens (tertiary/aromatic N) is 1. The first kappa shape index (κ1) is 13.1. The largest absolute Gasteiger partial charge is 0.244 e. The summed E-state index contributed by atoms with van der Waals surface area (Å²) in [5.41, 5.74) is 0. The molecule has 1 aliphatic heterocycles. The number of hydrogen-bond acceptors (Lipinski definition) is 2. The molecule has 0 radical (unpaired) electrons.